The van der Waals surface area contributed by atoms with E-state index in [1.165, 1.54) is 11.1 Å². The van der Waals surface area contributed by atoms with E-state index in [0.717, 1.165) is 64.8 Å². The highest BCUT2D eigenvalue weighted by molar-refractivity contribution is 5.84. The highest BCUT2D eigenvalue weighted by Gasteiger charge is 2.39. The first-order valence-electron chi connectivity index (χ1n) is 9.15. The molecular formula is C19H27N3O. The molecular weight excluding hydrogens is 286 g/mol. The van der Waals surface area contributed by atoms with Gasteiger partial charge in [0.2, 0.25) is 5.91 Å². The summed E-state index contributed by atoms with van der Waals surface area (Å²) in [6, 6.07) is 9.35. The van der Waals surface area contributed by atoms with Crippen LogP contribution in [-0.4, -0.2) is 60.5 Å². The lowest BCUT2D eigenvalue weighted by Crippen LogP contribution is -2.48. The third kappa shape index (κ3) is 3.02. The lowest BCUT2D eigenvalue weighted by Gasteiger charge is -2.33. The molecule has 2 saturated heterocycles. The minimum absolute atomic E-state index is 0.124. The molecule has 0 bridgehead atoms. The second-order valence-corrected chi connectivity index (χ2v) is 7.12. The van der Waals surface area contributed by atoms with Crippen molar-refractivity contribution in [2.45, 2.75) is 44.2 Å². The van der Waals surface area contributed by atoms with Crippen LogP contribution in [0, 0.1) is 0 Å². The number of fused-ring (bicyclic) bond motifs is 1. The first kappa shape index (κ1) is 15.2. The third-order valence-electron chi connectivity index (χ3n) is 5.86. The zero-order valence-electron chi connectivity index (χ0n) is 13.8. The number of likely N-dealkylation sites (tertiary alicyclic amines) is 1. The van der Waals surface area contributed by atoms with Gasteiger partial charge in [0.05, 0.1) is 6.04 Å². The lowest BCUT2D eigenvalue weighted by atomic mass is 10.0. The largest absolute Gasteiger partial charge is 0.338 e. The molecule has 1 unspecified atom stereocenters. The van der Waals surface area contributed by atoms with Crippen molar-refractivity contribution in [3.05, 3.63) is 35.4 Å². The van der Waals surface area contributed by atoms with Crippen LogP contribution < -0.4 is 5.32 Å². The van der Waals surface area contributed by atoms with Gasteiger partial charge in [-0.3, -0.25) is 9.69 Å². The normalized spacial score (nSPS) is 27.0. The fourth-order valence-corrected chi connectivity index (χ4v) is 4.50. The van der Waals surface area contributed by atoms with E-state index in [0.29, 0.717) is 11.9 Å². The first-order chi connectivity index (χ1) is 11.3. The van der Waals surface area contributed by atoms with Crippen LogP contribution >= 0.6 is 0 Å². The summed E-state index contributed by atoms with van der Waals surface area (Å²) < 4.78 is 0. The zero-order valence-corrected chi connectivity index (χ0v) is 13.8. The average molecular weight is 313 g/mol. The van der Waals surface area contributed by atoms with Gasteiger partial charge in [-0.05, 0) is 56.3 Å². The molecule has 4 heteroatoms. The highest BCUT2D eigenvalue weighted by atomic mass is 16.2. The number of nitrogens with one attached hydrogen (secondary N) is 1. The number of carbonyl (C=O) groups excluding carboxylic acids is 1. The lowest BCUT2D eigenvalue weighted by molar-refractivity contribution is -0.134. The zero-order chi connectivity index (χ0) is 15.6. The number of hydrogen-bond acceptors (Lipinski definition) is 3. The summed E-state index contributed by atoms with van der Waals surface area (Å²) >= 11 is 0. The minimum atomic E-state index is 0.124. The summed E-state index contributed by atoms with van der Waals surface area (Å²) in [6.45, 7) is 5.11. The van der Waals surface area contributed by atoms with E-state index in [9.17, 15) is 4.79 Å². The minimum Gasteiger partial charge on any atom is -0.338 e. The molecule has 2 fully saturated rings. The van der Waals surface area contributed by atoms with Crippen molar-refractivity contribution < 1.29 is 4.79 Å². The summed E-state index contributed by atoms with van der Waals surface area (Å²) in [5, 5.41) is 3.40. The molecule has 1 atom stereocenters. The van der Waals surface area contributed by atoms with Crippen LogP contribution in [0.5, 0.6) is 0 Å². The Balaban J connectivity index is 1.42. The molecule has 0 spiro atoms. The van der Waals surface area contributed by atoms with Gasteiger partial charge >= 0.3 is 0 Å². The molecule has 3 aliphatic heterocycles. The average Bonchev–Trinajstić information content (AvgIpc) is 2.85. The van der Waals surface area contributed by atoms with Crippen molar-refractivity contribution in [2.75, 3.05) is 32.7 Å². The summed E-state index contributed by atoms with van der Waals surface area (Å²) in [6.07, 6.45) is 5.40. The summed E-state index contributed by atoms with van der Waals surface area (Å²) in [5.74, 6) is 0.392. The predicted molar refractivity (Wildman–Crippen MR) is 91.4 cm³/mol. The van der Waals surface area contributed by atoms with E-state index in [1.807, 2.05) is 0 Å². The van der Waals surface area contributed by atoms with Crippen LogP contribution in [0.3, 0.4) is 0 Å². The molecule has 3 heterocycles. The SMILES string of the molecule is O=C1C(N2CCc3ccccc3CC2)CCN1C1CCNCC1. The quantitative estimate of drug-likeness (QED) is 0.897. The van der Waals surface area contributed by atoms with E-state index in [-0.39, 0.29) is 6.04 Å². The van der Waals surface area contributed by atoms with Crippen molar-refractivity contribution >= 4 is 5.91 Å². The van der Waals surface area contributed by atoms with Gasteiger partial charge in [0.1, 0.15) is 0 Å². The van der Waals surface area contributed by atoms with Gasteiger partial charge in [-0.15, -0.1) is 0 Å². The van der Waals surface area contributed by atoms with Crippen molar-refractivity contribution in [3.8, 4) is 0 Å². The van der Waals surface area contributed by atoms with Crippen molar-refractivity contribution in [3.63, 3.8) is 0 Å². The van der Waals surface area contributed by atoms with Crippen LogP contribution in [0.15, 0.2) is 24.3 Å². The van der Waals surface area contributed by atoms with E-state index in [4.69, 9.17) is 0 Å². The Labute approximate surface area is 138 Å². The summed E-state index contributed by atoms with van der Waals surface area (Å²) in [7, 11) is 0. The molecule has 0 radical (unpaired) electrons. The first-order valence-corrected chi connectivity index (χ1v) is 9.15. The number of piperidine rings is 1. The smallest absolute Gasteiger partial charge is 0.240 e. The molecule has 1 aromatic carbocycles. The topological polar surface area (TPSA) is 35.6 Å². The second kappa shape index (κ2) is 6.62. The molecule has 0 saturated carbocycles. The highest BCUT2D eigenvalue weighted by Crippen LogP contribution is 2.25. The van der Waals surface area contributed by atoms with Gasteiger partial charge in [0, 0.05) is 25.7 Å². The maximum Gasteiger partial charge on any atom is 0.240 e. The van der Waals surface area contributed by atoms with Gasteiger partial charge in [-0.2, -0.15) is 0 Å². The van der Waals surface area contributed by atoms with Gasteiger partial charge in [0.15, 0.2) is 0 Å². The van der Waals surface area contributed by atoms with Crippen LogP contribution in [0.1, 0.15) is 30.4 Å². The molecule has 3 aliphatic rings. The maximum atomic E-state index is 13.0. The molecule has 0 aliphatic carbocycles. The summed E-state index contributed by atoms with van der Waals surface area (Å²) in [5.41, 5.74) is 2.94. The fraction of sp³-hybridized carbons (Fsp3) is 0.632. The van der Waals surface area contributed by atoms with Gasteiger partial charge in [-0.25, -0.2) is 0 Å². The van der Waals surface area contributed by atoms with Gasteiger partial charge in [0.25, 0.3) is 0 Å². The standard InChI is InChI=1S/C19H27N3O/c23-19-18(9-14-22(19)17-5-10-20-11-6-17)21-12-7-15-3-1-2-4-16(15)8-13-21/h1-4,17-18,20H,5-14H2. The van der Waals surface area contributed by atoms with Crippen LogP contribution in [-0.2, 0) is 17.6 Å². The number of amides is 1. The monoisotopic (exact) mass is 313 g/mol. The van der Waals surface area contributed by atoms with Crippen molar-refractivity contribution in [1.29, 1.82) is 0 Å². The van der Waals surface area contributed by atoms with Gasteiger partial charge < -0.3 is 10.2 Å². The Morgan fingerprint density at radius 3 is 2.22 bits per heavy atom. The fourth-order valence-electron chi connectivity index (χ4n) is 4.50. The number of nitrogens with zero attached hydrogens (tertiary/aromatic N) is 2. The van der Waals surface area contributed by atoms with Crippen LogP contribution in [0.25, 0.3) is 0 Å². The maximum absolute atomic E-state index is 13.0. The van der Waals surface area contributed by atoms with Crippen LogP contribution in [0.4, 0.5) is 0 Å². The van der Waals surface area contributed by atoms with E-state index >= 15 is 0 Å². The number of rotatable bonds is 2. The Kier molecular flexibility index (Phi) is 4.36. The molecule has 124 valence electrons. The molecule has 1 N–H and O–H groups in total. The second-order valence-electron chi connectivity index (χ2n) is 7.12. The third-order valence-corrected chi connectivity index (χ3v) is 5.86. The molecule has 1 amide bonds. The Morgan fingerprint density at radius 1 is 0.913 bits per heavy atom. The van der Waals surface area contributed by atoms with E-state index < -0.39 is 0 Å². The van der Waals surface area contributed by atoms with E-state index in [2.05, 4.69) is 39.4 Å². The molecule has 4 nitrogen and oxygen atoms in total. The van der Waals surface area contributed by atoms with Crippen molar-refractivity contribution in [2.24, 2.45) is 0 Å². The molecule has 4 rings (SSSR count). The Bertz CT molecular complexity index is 540. The van der Waals surface area contributed by atoms with E-state index in [1.54, 1.807) is 0 Å². The Hall–Kier alpha value is -1.39. The Morgan fingerprint density at radius 2 is 1.57 bits per heavy atom. The van der Waals surface area contributed by atoms with Crippen molar-refractivity contribution in [1.82, 2.24) is 15.1 Å². The van der Waals surface area contributed by atoms with Crippen LogP contribution in [0.2, 0.25) is 0 Å². The number of carbonyl (C=O) groups is 1. The number of hydrogen-bond donors (Lipinski definition) is 1. The summed E-state index contributed by atoms with van der Waals surface area (Å²) in [4.78, 5) is 17.6. The molecule has 23 heavy (non-hydrogen) atoms. The predicted octanol–water partition coefficient (Wildman–Crippen LogP) is 1.44. The van der Waals surface area contributed by atoms with Gasteiger partial charge in [-0.1, -0.05) is 24.3 Å². The number of benzene rings is 1. The molecule has 0 aromatic heterocycles. The molecule has 1 aromatic rings.